The quantitative estimate of drug-likeness (QED) is 0.524. The molecule has 0 radical (unpaired) electrons. The van der Waals surface area contributed by atoms with Gasteiger partial charge in [-0.15, -0.1) is 0 Å². The summed E-state index contributed by atoms with van der Waals surface area (Å²) < 4.78 is 0. The molecule has 1 saturated heterocycles. The van der Waals surface area contributed by atoms with E-state index in [4.69, 9.17) is 5.73 Å². The fourth-order valence-corrected chi connectivity index (χ4v) is 3.53. The Kier molecular flexibility index (Phi) is 5.67. The van der Waals surface area contributed by atoms with E-state index in [2.05, 4.69) is 10.2 Å². The van der Waals surface area contributed by atoms with E-state index in [1.165, 1.54) is 0 Å². The third-order valence-electron chi connectivity index (χ3n) is 4.95. The Balaban J connectivity index is 1.74. The van der Waals surface area contributed by atoms with Gasteiger partial charge >= 0.3 is 0 Å². The van der Waals surface area contributed by atoms with Gasteiger partial charge in [0.1, 0.15) is 6.04 Å². The zero-order valence-electron chi connectivity index (χ0n) is 15.4. The lowest BCUT2D eigenvalue weighted by molar-refractivity contribution is -0.136. The number of benzene rings is 1. The molecule has 1 unspecified atom stereocenters. The predicted molar refractivity (Wildman–Crippen MR) is 97.7 cm³/mol. The molecule has 8 heteroatoms. The highest BCUT2D eigenvalue weighted by Crippen LogP contribution is 2.28. The summed E-state index contributed by atoms with van der Waals surface area (Å²) in [5.41, 5.74) is 7.06. The average molecular weight is 372 g/mol. The highest BCUT2D eigenvalue weighted by molar-refractivity contribution is 6.23. The lowest BCUT2D eigenvalue weighted by Gasteiger charge is -2.27. The number of nitrogens with zero attached hydrogens (tertiary/aromatic N) is 2. The van der Waals surface area contributed by atoms with Crippen LogP contribution in [-0.4, -0.2) is 59.6 Å². The number of unbranched alkanes of at least 4 members (excludes halogenated alkanes) is 1. The molecule has 2 aliphatic heterocycles. The number of carbonyl (C=O) groups is 4. The normalized spacial score (nSPS) is 19.7. The van der Waals surface area contributed by atoms with Gasteiger partial charge in [0.2, 0.25) is 11.8 Å². The van der Waals surface area contributed by atoms with E-state index in [9.17, 15) is 19.2 Å². The fraction of sp³-hybridized carbons (Fsp3) is 0.474. The maximum Gasteiger partial charge on any atom is 0.262 e. The maximum atomic E-state index is 12.8. The van der Waals surface area contributed by atoms with E-state index < -0.39 is 23.8 Å². The number of rotatable bonds is 7. The van der Waals surface area contributed by atoms with Gasteiger partial charge in [0.15, 0.2) is 0 Å². The largest absolute Gasteiger partial charge is 0.330 e. The molecule has 3 N–H and O–H groups in total. The van der Waals surface area contributed by atoms with E-state index in [0.29, 0.717) is 24.2 Å². The summed E-state index contributed by atoms with van der Waals surface area (Å²) >= 11 is 0. The molecule has 0 spiro atoms. The molecular formula is C19H24N4O4. The van der Waals surface area contributed by atoms with E-state index >= 15 is 0 Å². The first-order valence-corrected chi connectivity index (χ1v) is 9.15. The molecule has 0 saturated carbocycles. The molecule has 0 bridgehead atoms. The molecule has 1 atom stereocenters. The van der Waals surface area contributed by atoms with Crippen LogP contribution in [-0.2, 0) is 16.1 Å². The first-order valence-electron chi connectivity index (χ1n) is 9.15. The summed E-state index contributed by atoms with van der Waals surface area (Å²) in [5.74, 6) is -1.93. The van der Waals surface area contributed by atoms with Crippen LogP contribution in [0.25, 0.3) is 0 Å². The average Bonchev–Trinajstić information content (AvgIpc) is 2.86. The molecule has 0 aromatic heterocycles. The maximum absolute atomic E-state index is 12.8. The van der Waals surface area contributed by atoms with Gasteiger partial charge in [0, 0.05) is 13.0 Å². The molecule has 3 rings (SSSR count). The number of amides is 4. The Morgan fingerprint density at radius 3 is 2.59 bits per heavy atom. The van der Waals surface area contributed by atoms with Crippen molar-refractivity contribution in [3.8, 4) is 0 Å². The third-order valence-corrected chi connectivity index (χ3v) is 4.95. The smallest absolute Gasteiger partial charge is 0.262 e. The Bertz CT molecular complexity index is 792. The molecule has 2 aliphatic rings. The number of carbonyl (C=O) groups excluding carboxylic acids is 4. The number of piperidine rings is 1. The van der Waals surface area contributed by atoms with Crippen LogP contribution in [0.3, 0.4) is 0 Å². The molecule has 1 fully saturated rings. The van der Waals surface area contributed by atoms with E-state index in [1.807, 2.05) is 13.1 Å². The van der Waals surface area contributed by atoms with Gasteiger partial charge in [-0.05, 0) is 57.1 Å². The zero-order valence-corrected chi connectivity index (χ0v) is 15.4. The summed E-state index contributed by atoms with van der Waals surface area (Å²) in [7, 11) is 1.99. The second-order valence-corrected chi connectivity index (χ2v) is 7.06. The second-order valence-electron chi connectivity index (χ2n) is 7.06. The van der Waals surface area contributed by atoms with Crippen molar-refractivity contribution < 1.29 is 19.2 Å². The van der Waals surface area contributed by atoms with E-state index in [0.717, 1.165) is 29.8 Å². The summed E-state index contributed by atoms with van der Waals surface area (Å²) in [6.45, 7) is 2.21. The number of nitrogens with one attached hydrogen (secondary N) is 1. The third kappa shape index (κ3) is 3.91. The van der Waals surface area contributed by atoms with E-state index in [-0.39, 0.29) is 18.7 Å². The first kappa shape index (κ1) is 19.2. The molecule has 4 amide bonds. The highest BCUT2D eigenvalue weighted by atomic mass is 16.2. The zero-order chi connectivity index (χ0) is 19.6. The van der Waals surface area contributed by atoms with Gasteiger partial charge < -0.3 is 10.6 Å². The van der Waals surface area contributed by atoms with Crippen molar-refractivity contribution in [2.24, 2.45) is 5.73 Å². The molecule has 27 heavy (non-hydrogen) atoms. The van der Waals surface area contributed by atoms with Crippen molar-refractivity contribution >= 4 is 23.6 Å². The number of hydrogen-bond acceptors (Lipinski definition) is 6. The van der Waals surface area contributed by atoms with Crippen molar-refractivity contribution in [2.75, 3.05) is 20.1 Å². The number of imide groups is 2. The number of fused-ring (bicyclic) bond motifs is 1. The Labute approximate surface area is 157 Å². The SMILES string of the molecule is CN(CCCCN)Cc1ccc2c(c1)C(=O)N(C1CCC(=O)NC1=O)C2=O. The van der Waals surface area contributed by atoms with E-state index in [1.54, 1.807) is 12.1 Å². The van der Waals surface area contributed by atoms with Gasteiger partial charge in [-0.3, -0.25) is 29.4 Å². The minimum atomic E-state index is -0.933. The van der Waals surface area contributed by atoms with Gasteiger partial charge in [-0.1, -0.05) is 6.07 Å². The molecule has 2 heterocycles. The minimum absolute atomic E-state index is 0.114. The van der Waals surface area contributed by atoms with Gasteiger partial charge in [-0.25, -0.2) is 0 Å². The van der Waals surface area contributed by atoms with Crippen LogP contribution in [0.5, 0.6) is 0 Å². The van der Waals surface area contributed by atoms with Gasteiger partial charge in [-0.2, -0.15) is 0 Å². The highest BCUT2D eigenvalue weighted by Gasteiger charge is 2.44. The molecule has 144 valence electrons. The summed E-state index contributed by atoms with van der Waals surface area (Å²) in [5, 5.41) is 2.20. The Morgan fingerprint density at radius 2 is 1.89 bits per heavy atom. The fourth-order valence-electron chi connectivity index (χ4n) is 3.53. The van der Waals surface area contributed by atoms with Crippen LogP contribution in [0, 0.1) is 0 Å². The molecule has 0 aliphatic carbocycles. The van der Waals surface area contributed by atoms with Gasteiger partial charge in [0.25, 0.3) is 11.8 Å². The standard InChI is InChI=1S/C19H24N4O4/c1-22(9-3-2-8-20)11-12-4-5-13-14(10-12)19(27)23(18(13)26)15-6-7-16(24)21-17(15)25/h4-5,10,15H,2-3,6-9,11,20H2,1H3,(H,21,24,25). The topological polar surface area (TPSA) is 113 Å². The predicted octanol–water partition coefficient (Wildman–Crippen LogP) is 0.259. The summed E-state index contributed by atoms with van der Waals surface area (Å²) in [4.78, 5) is 52.0. The summed E-state index contributed by atoms with van der Waals surface area (Å²) in [6, 6.07) is 4.26. The molecular weight excluding hydrogens is 348 g/mol. The van der Waals surface area contributed by atoms with Crippen molar-refractivity contribution in [1.82, 2.24) is 15.1 Å². The monoisotopic (exact) mass is 372 g/mol. The Morgan fingerprint density at radius 1 is 1.15 bits per heavy atom. The van der Waals surface area contributed by atoms with Gasteiger partial charge in [0.05, 0.1) is 11.1 Å². The molecule has 1 aromatic carbocycles. The lowest BCUT2D eigenvalue weighted by Crippen LogP contribution is -2.54. The minimum Gasteiger partial charge on any atom is -0.330 e. The van der Waals surface area contributed by atoms with Crippen molar-refractivity contribution in [2.45, 2.75) is 38.3 Å². The van der Waals surface area contributed by atoms with Crippen LogP contribution in [0.2, 0.25) is 0 Å². The van der Waals surface area contributed by atoms with Crippen LogP contribution in [0.15, 0.2) is 18.2 Å². The van der Waals surface area contributed by atoms with Crippen LogP contribution in [0.1, 0.15) is 52.0 Å². The molecule has 8 nitrogen and oxygen atoms in total. The summed E-state index contributed by atoms with van der Waals surface area (Å²) in [6.07, 6.45) is 2.23. The lowest BCUT2D eigenvalue weighted by atomic mass is 10.0. The second kappa shape index (κ2) is 7.98. The van der Waals surface area contributed by atoms with Crippen molar-refractivity contribution in [3.05, 3.63) is 34.9 Å². The van der Waals surface area contributed by atoms with Crippen LogP contribution < -0.4 is 11.1 Å². The van der Waals surface area contributed by atoms with Crippen LogP contribution >= 0.6 is 0 Å². The van der Waals surface area contributed by atoms with Crippen molar-refractivity contribution in [1.29, 1.82) is 0 Å². The molecule has 1 aromatic rings. The Hall–Kier alpha value is -2.58. The number of nitrogens with two attached hydrogens (primary N) is 1. The van der Waals surface area contributed by atoms with Crippen LogP contribution in [0.4, 0.5) is 0 Å². The van der Waals surface area contributed by atoms with Crippen molar-refractivity contribution in [3.63, 3.8) is 0 Å². The first-order chi connectivity index (χ1) is 12.9. The number of hydrogen-bond donors (Lipinski definition) is 2.